The lowest BCUT2D eigenvalue weighted by atomic mass is 10.5. The first kappa shape index (κ1) is 19.0. The third-order valence-electron chi connectivity index (χ3n) is 4.40. The molecule has 19 heavy (non-hydrogen) atoms. The highest BCUT2D eigenvalue weighted by atomic mass is 28.4. The van der Waals surface area contributed by atoms with Gasteiger partial charge in [-0.1, -0.05) is 74.2 Å². The molecule has 0 N–H and O–H groups in total. The summed E-state index contributed by atoms with van der Waals surface area (Å²) in [5, 5.41) is 0. The van der Waals surface area contributed by atoms with E-state index in [1.54, 1.807) is 0 Å². The number of hydrogen-bond donors (Lipinski definition) is 0. The molecule has 0 saturated carbocycles. The van der Waals surface area contributed by atoms with Crippen LogP contribution in [0, 0.1) is 0 Å². The van der Waals surface area contributed by atoms with Gasteiger partial charge in [0.15, 0.2) is 8.24 Å². The van der Waals surface area contributed by atoms with E-state index >= 15 is 0 Å². The van der Waals surface area contributed by atoms with Crippen LogP contribution >= 0.6 is 0 Å². The molecule has 114 valence electrons. The summed E-state index contributed by atoms with van der Waals surface area (Å²) in [4.78, 5) is 0. The first-order chi connectivity index (χ1) is 8.52. The van der Waals surface area contributed by atoms with Gasteiger partial charge in [-0.15, -0.1) is 0 Å². The van der Waals surface area contributed by atoms with Crippen molar-refractivity contribution in [1.29, 1.82) is 0 Å². The van der Waals surface area contributed by atoms with Crippen LogP contribution in [-0.4, -0.2) is 20.7 Å². The average Bonchev–Trinajstić information content (AvgIpc) is 2.20. The molecule has 0 unspecified atom stereocenters. The van der Waals surface area contributed by atoms with E-state index in [0.717, 1.165) is 23.0 Å². The maximum Gasteiger partial charge on any atom is 0.155 e. The second kappa shape index (κ2) is 7.12. The molecule has 0 aliphatic carbocycles. The molecule has 0 rings (SSSR count). The van der Waals surface area contributed by atoms with Gasteiger partial charge in [0.1, 0.15) is 8.24 Å². The topological polar surface area (TPSA) is 3.24 Å². The van der Waals surface area contributed by atoms with Crippen LogP contribution in [0.5, 0.6) is 0 Å². The van der Waals surface area contributed by atoms with Crippen molar-refractivity contribution in [2.24, 2.45) is 0 Å². The SMILES string of the molecule is CCC=CN([Si](C)(C)C)[Si](C(C)C)(C(C)C)C(C)C. The summed E-state index contributed by atoms with van der Waals surface area (Å²) in [6, 6.07) is 0. The zero-order chi connectivity index (χ0) is 15.4. The van der Waals surface area contributed by atoms with Gasteiger partial charge in [-0.2, -0.15) is 0 Å². The van der Waals surface area contributed by atoms with Gasteiger partial charge in [-0.3, -0.25) is 0 Å². The molecule has 0 aromatic heterocycles. The summed E-state index contributed by atoms with van der Waals surface area (Å²) in [7, 11) is -2.86. The standard InChI is InChI=1S/C16H37NSi2/c1-11-12-13-17(18(8,9)10)19(14(2)3,15(4)5)16(6)7/h12-16H,11H2,1-10H3. The van der Waals surface area contributed by atoms with E-state index in [0.29, 0.717) is 0 Å². The average molecular weight is 300 g/mol. The maximum absolute atomic E-state index is 2.91. The van der Waals surface area contributed by atoms with Crippen LogP contribution < -0.4 is 0 Å². The van der Waals surface area contributed by atoms with Crippen molar-refractivity contribution in [3.05, 3.63) is 12.3 Å². The van der Waals surface area contributed by atoms with Gasteiger partial charge >= 0.3 is 0 Å². The molecule has 0 aliphatic rings. The van der Waals surface area contributed by atoms with Gasteiger partial charge in [-0.05, 0) is 29.2 Å². The number of hydrogen-bond acceptors (Lipinski definition) is 1. The number of rotatable bonds is 7. The fraction of sp³-hybridized carbons (Fsp3) is 0.875. The molecule has 1 nitrogen and oxygen atoms in total. The maximum atomic E-state index is 2.91. The van der Waals surface area contributed by atoms with E-state index in [1.807, 2.05) is 0 Å². The first-order valence-corrected chi connectivity index (χ1v) is 13.6. The van der Waals surface area contributed by atoms with E-state index in [9.17, 15) is 0 Å². The van der Waals surface area contributed by atoms with Crippen molar-refractivity contribution in [3.63, 3.8) is 0 Å². The molecular formula is C16H37NSi2. The Morgan fingerprint density at radius 1 is 0.842 bits per heavy atom. The molecule has 0 spiro atoms. The van der Waals surface area contributed by atoms with E-state index in [-0.39, 0.29) is 0 Å². The molecule has 0 bridgehead atoms. The zero-order valence-electron chi connectivity index (χ0n) is 15.0. The molecule has 0 saturated heterocycles. The molecule has 0 atom stereocenters. The molecule has 0 fully saturated rings. The summed E-state index contributed by atoms with van der Waals surface area (Å²) >= 11 is 0. The van der Waals surface area contributed by atoms with Gasteiger partial charge in [0.2, 0.25) is 0 Å². The Labute approximate surface area is 124 Å². The first-order valence-electron chi connectivity index (χ1n) is 7.98. The monoisotopic (exact) mass is 299 g/mol. The Balaban J connectivity index is 5.95. The normalized spacial score (nSPS) is 14.2. The van der Waals surface area contributed by atoms with Gasteiger partial charge in [-0.25, -0.2) is 0 Å². The molecule has 0 amide bonds. The van der Waals surface area contributed by atoms with Gasteiger partial charge in [0.25, 0.3) is 0 Å². The van der Waals surface area contributed by atoms with E-state index in [1.165, 1.54) is 0 Å². The summed E-state index contributed by atoms with van der Waals surface area (Å²) in [5.74, 6) is 0. The minimum absolute atomic E-state index is 0.792. The van der Waals surface area contributed by atoms with Crippen molar-refractivity contribution in [3.8, 4) is 0 Å². The van der Waals surface area contributed by atoms with Crippen molar-refractivity contribution in [2.75, 3.05) is 0 Å². The molecule has 3 heteroatoms. The lowest BCUT2D eigenvalue weighted by Gasteiger charge is -2.56. The van der Waals surface area contributed by atoms with Gasteiger partial charge in [0.05, 0.1) is 0 Å². The van der Waals surface area contributed by atoms with Gasteiger partial charge in [0, 0.05) is 0 Å². The van der Waals surface area contributed by atoms with E-state index in [2.05, 4.69) is 84.6 Å². The Morgan fingerprint density at radius 3 is 1.42 bits per heavy atom. The fourth-order valence-electron chi connectivity index (χ4n) is 3.98. The smallest absolute Gasteiger partial charge is 0.155 e. The Morgan fingerprint density at radius 2 is 1.21 bits per heavy atom. The molecular weight excluding hydrogens is 262 g/mol. The summed E-state index contributed by atoms with van der Waals surface area (Å²) in [6.07, 6.45) is 5.98. The van der Waals surface area contributed by atoms with Crippen LogP contribution in [0.4, 0.5) is 0 Å². The van der Waals surface area contributed by atoms with Crippen LogP contribution in [0.15, 0.2) is 12.3 Å². The molecule has 0 aromatic rings. The zero-order valence-corrected chi connectivity index (χ0v) is 17.0. The predicted octanol–water partition coefficient (Wildman–Crippen LogP) is 6.22. The largest absolute Gasteiger partial charge is 0.430 e. The second-order valence-electron chi connectivity index (χ2n) is 7.69. The molecule has 0 aromatic carbocycles. The quantitative estimate of drug-likeness (QED) is 0.504. The minimum Gasteiger partial charge on any atom is -0.430 e. The van der Waals surface area contributed by atoms with Crippen molar-refractivity contribution >= 4 is 16.5 Å². The molecule has 0 aliphatic heterocycles. The van der Waals surface area contributed by atoms with E-state index in [4.69, 9.17) is 0 Å². The second-order valence-corrected chi connectivity index (χ2v) is 18.7. The highest BCUT2D eigenvalue weighted by Crippen LogP contribution is 2.46. The van der Waals surface area contributed by atoms with Crippen LogP contribution in [0.1, 0.15) is 54.9 Å². The van der Waals surface area contributed by atoms with Crippen LogP contribution in [-0.2, 0) is 0 Å². The van der Waals surface area contributed by atoms with Gasteiger partial charge < -0.3 is 4.23 Å². The summed E-state index contributed by atoms with van der Waals surface area (Å²) in [6.45, 7) is 24.5. The fourth-order valence-corrected chi connectivity index (χ4v) is 17.5. The highest BCUT2D eigenvalue weighted by Gasteiger charge is 2.50. The van der Waals surface area contributed by atoms with Crippen LogP contribution in [0.2, 0.25) is 36.3 Å². The van der Waals surface area contributed by atoms with Crippen LogP contribution in [0.3, 0.4) is 0 Å². The molecule has 0 radical (unpaired) electrons. The van der Waals surface area contributed by atoms with Crippen molar-refractivity contribution in [1.82, 2.24) is 4.23 Å². The summed E-state index contributed by atoms with van der Waals surface area (Å²) < 4.78 is 2.91. The predicted molar refractivity (Wildman–Crippen MR) is 95.7 cm³/mol. The van der Waals surface area contributed by atoms with Crippen molar-refractivity contribution in [2.45, 2.75) is 91.2 Å². The Hall–Kier alpha value is -0.0262. The lowest BCUT2D eigenvalue weighted by Crippen LogP contribution is -2.65. The summed E-state index contributed by atoms with van der Waals surface area (Å²) in [5.41, 5.74) is 2.38. The van der Waals surface area contributed by atoms with E-state index < -0.39 is 16.5 Å². The van der Waals surface area contributed by atoms with Crippen LogP contribution in [0.25, 0.3) is 0 Å². The minimum atomic E-state index is -1.52. The number of allylic oxidation sites excluding steroid dienone is 1. The lowest BCUT2D eigenvalue weighted by molar-refractivity contribution is 0.662. The molecule has 0 heterocycles. The van der Waals surface area contributed by atoms with Crippen molar-refractivity contribution < 1.29 is 0 Å². The number of nitrogens with zero attached hydrogens (tertiary/aromatic N) is 1. The third kappa shape index (κ3) is 3.97. The Bertz CT molecular complexity index is 266. The Kier molecular flexibility index (Phi) is 7.11. The highest BCUT2D eigenvalue weighted by molar-refractivity contribution is 6.93. The third-order valence-corrected chi connectivity index (χ3v) is 15.7.